The van der Waals surface area contributed by atoms with Crippen molar-refractivity contribution in [1.82, 2.24) is 19.7 Å². The summed E-state index contributed by atoms with van der Waals surface area (Å²) in [5.41, 5.74) is 2.57. The molecule has 1 saturated heterocycles. The van der Waals surface area contributed by atoms with Crippen LogP contribution in [0.3, 0.4) is 0 Å². The number of nitrogens with zero attached hydrogens (tertiary/aromatic N) is 4. The van der Waals surface area contributed by atoms with Crippen molar-refractivity contribution in [3.8, 4) is 17.3 Å². The van der Waals surface area contributed by atoms with Gasteiger partial charge < -0.3 is 9.30 Å². The van der Waals surface area contributed by atoms with Crippen molar-refractivity contribution in [3.63, 3.8) is 0 Å². The van der Waals surface area contributed by atoms with Crippen LogP contribution in [0.1, 0.15) is 40.4 Å². The minimum atomic E-state index is -0.505. The van der Waals surface area contributed by atoms with Gasteiger partial charge in [-0.25, -0.2) is 9.89 Å². The molecule has 1 aromatic rings. The summed E-state index contributed by atoms with van der Waals surface area (Å²) < 4.78 is 6.81. The lowest BCUT2D eigenvalue weighted by Crippen LogP contribution is -2.34. The predicted octanol–water partition coefficient (Wildman–Crippen LogP) is 2.17. The van der Waals surface area contributed by atoms with Crippen LogP contribution >= 0.6 is 0 Å². The number of carbonyl (C=O) groups is 1. The lowest BCUT2D eigenvalue weighted by Gasteiger charge is -2.33. The summed E-state index contributed by atoms with van der Waals surface area (Å²) in [6.45, 7) is 2.64. The summed E-state index contributed by atoms with van der Waals surface area (Å²) in [5, 5.41) is 15.3. The summed E-state index contributed by atoms with van der Waals surface area (Å²) in [4.78, 5) is 26.6. The number of piperidine rings is 1. The number of rotatable bonds is 4. The van der Waals surface area contributed by atoms with Gasteiger partial charge in [-0.1, -0.05) is 12.1 Å². The number of aromatic nitrogens is 3. The number of nitrogens with one attached hydrogen (secondary N) is 1. The fourth-order valence-electron chi connectivity index (χ4n) is 3.84. The van der Waals surface area contributed by atoms with Gasteiger partial charge >= 0.3 is 5.97 Å². The Bertz CT molecular complexity index is 1080. The Kier molecular flexibility index (Phi) is 5.14. The SMILES string of the molecule is COC(=O)c1cn(C2CCN(Cc3ccc(C#N)cc3)CC2)cc2c(=O)[nH]nc1-2. The monoisotopic (exact) mass is 391 g/mol. The molecule has 8 nitrogen and oxygen atoms in total. The number of pyridine rings is 1. The molecule has 148 valence electrons. The summed E-state index contributed by atoms with van der Waals surface area (Å²) in [5.74, 6) is -0.505. The Labute approximate surface area is 167 Å². The van der Waals surface area contributed by atoms with Crippen molar-refractivity contribution in [2.24, 2.45) is 0 Å². The van der Waals surface area contributed by atoms with Crippen LogP contribution in [0.25, 0.3) is 11.3 Å². The molecular weight excluding hydrogens is 370 g/mol. The van der Waals surface area contributed by atoms with Crippen molar-refractivity contribution >= 4 is 5.97 Å². The van der Waals surface area contributed by atoms with E-state index >= 15 is 0 Å². The maximum atomic E-state index is 12.2. The van der Waals surface area contributed by atoms with E-state index in [2.05, 4.69) is 21.2 Å². The van der Waals surface area contributed by atoms with E-state index in [0.29, 0.717) is 22.4 Å². The topological polar surface area (TPSA) is 104 Å². The predicted molar refractivity (Wildman–Crippen MR) is 106 cm³/mol. The summed E-state index contributed by atoms with van der Waals surface area (Å²) in [7, 11) is 1.32. The molecular formula is C21H21N5O3. The van der Waals surface area contributed by atoms with Crippen molar-refractivity contribution in [2.75, 3.05) is 20.2 Å². The number of H-pyrrole nitrogens is 1. The number of esters is 1. The van der Waals surface area contributed by atoms with Gasteiger partial charge in [0.1, 0.15) is 11.3 Å². The van der Waals surface area contributed by atoms with Crippen molar-refractivity contribution in [3.05, 3.63) is 63.7 Å². The third kappa shape index (κ3) is 3.77. The number of likely N-dealkylation sites (tertiary alicyclic amines) is 1. The number of fused-ring (bicyclic) bond motifs is 1. The first-order chi connectivity index (χ1) is 14.1. The quantitative estimate of drug-likeness (QED) is 0.684. The fraction of sp³-hybridized carbons (Fsp3) is 0.333. The summed E-state index contributed by atoms with van der Waals surface area (Å²) >= 11 is 0. The molecule has 3 heterocycles. The van der Waals surface area contributed by atoms with Crippen LogP contribution in [0.2, 0.25) is 0 Å². The highest BCUT2D eigenvalue weighted by Gasteiger charge is 2.26. The second kappa shape index (κ2) is 7.89. The molecule has 0 radical (unpaired) electrons. The first kappa shape index (κ1) is 18.9. The Morgan fingerprint density at radius 1 is 1.28 bits per heavy atom. The van der Waals surface area contributed by atoms with E-state index in [0.717, 1.165) is 32.5 Å². The smallest absolute Gasteiger partial charge is 0.341 e. The third-order valence-corrected chi connectivity index (χ3v) is 5.45. The number of ether oxygens (including phenoxy) is 1. The largest absolute Gasteiger partial charge is 0.465 e. The summed E-state index contributed by atoms with van der Waals surface area (Å²) in [6, 6.07) is 9.99. The van der Waals surface area contributed by atoms with E-state index in [1.165, 1.54) is 12.7 Å². The zero-order valence-electron chi connectivity index (χ0n) is 16.1. The van der Waals surface area contributed by atoms with Crippen molar-refractivity contribution in [1.29, 1.82) is 5.26 Å². The third-order valence-electron chi connectivity index (χ3n) is 5.45. The van der Waals surface area contributed by atoms with Gasteiger partial charge in [-0.15, -0.1) is 0 Å². The molecule has 3 aliphatic rings. The zero-order valence-corrected chi connectivity index (χ0v) is 16.1. The molecule has 1 N–H and O–H groups in total. The minimum absolute atomic E-state index is 0.189. The number of aromatic amines is 1. The lowest BCUT2D eigenvalue weighted by atomic mass is 10.0. The Morgan fingerprint density at radius 2 is 2.00 bits per heavy atom. The molecule has 1 aromatic carbocycles. The maximum absolute atomic E-state index is 12.2. The standard InChI is InChI=1S/C21H21N5O3/c1-29-21(28)18-13-26(12-17-19(18)23-24-20(17)27)16-6-8-25(9-7-16)11-15-4-2-14(10-22)3-5-15/h2-5,12-13,16H,6-9,11H2,1H3,(H,24,27). The zero-order chi connectivity index (χ0) is 20.4. The molecule has 29 heavy (non-hydrogen) atoms. The molecule has 4 rings (SSSR count). The molecule has 3 aliphatic heterocycles. The highest BCUT2D eigenvalue weighted by molar-refractivity contribution is 5.95. The molecule has 0 saturated carbocycles. The van der Waals surface area contributed by atoms with Crippen LogP contribution < -0.4 is 5.56 Å². The Hall–Kier alpha value is -3.44. The molecule has 0 bridgehead atoms. The number of nitriles is 1. The van der Waals surface area contributed by atoms with Crippen LogP contribution in [0.5, 0.6) is 0 Å². The summed E-state index contributed by atoms with van der Waals surface area (Å²) in [6.07, 6.45) is 5.31. The Morgan fingerprint density at radius 3 is 2.66 bits per heavy atom. The van der Waals surface area contributed by atoms with Crippen LogP contribution in [-0.2, 0) is 11.3 Å². The van der Waals surface area contributed by atoms with Gasteiger partial charge in [0.25, 0.3) is 5.56 Å². The number of hydrogen-bond acceptors (Lipinski definition) is 6. The van der Waals surface area contributed by atoms with Gasteiger partial charge in [0.15, 0.2) is 0 Å². The highest BCUT2D eigenvalue weighted by Crippen LogP contribution is 2.28. The van der Waals surface area contributed by atoms with Crippen LogP contribution in [0.4, 0.5) is 0 Å². The maximum Gasteiger partial charge on any atom is 0.341 e. The average molecular weight is 391 g/mol. The van der Waals surface area contributed by atoms with Gasteiger partial charge in [-0.2, -0.15) is 10.4 Å². The Balaban J connectivity index is 1.49. The number of benzene rings is 1. The second-order valence-electron chi connectivity index (χ2n) is 7.24. The van der Waals surface area contributed by atoms with Crippen LogP contribution in [0.15, 0.2) is 41.5 Å². The molecule has 8 heteroatoms. The minimum Gasteiger partial charge on any atom is -0.465 e. The van der Waals surface area contributed by atoms with E-state index in [1.807, 2.05) is 28.8 Å². The van der Waals surface area contributed by atoms with Gasteiger partial charge in [0, 0.05) is 38.1 Å². The molecule has 0 amide bonds. The molecule has 0 unspecified atom stereocenters. The first-order valence-electron chi connectivity index (χ1n) is 9.48. The highest BCUT2D eigenvalue weighted by atomic mass is 16.5. The van der Waals surface area contributed by atoms with Gasteiger partial charge in [0.2, 0.25) is 0 Å². The molecule has 0 aliphatic carbocycles. The number of methoxy groups -OCH3 is 1. The van der Waals surface area contributed by atoms with Gasteiger partial charge in [-0.3, -0.25) is 9.69 Å². The fourth-order valence-corrected chi connectivity index (χ4v) is 3.84. The van der Waals surface area contributed by atoms with Crippen LogP contribution in [0, 0.1) is 11.3 Å². The van der Waals surface area contributed by atoms with E-state index in [1.54, 1.807) is 12.4 Å². The number of carbonyl (C=O) groups excluding carboxylic acids is 1. The van der Waals surface area contributed by atoms with Gasteiger partial charge in [0.05, 0.1) is 24.3 Å². The molecule has 0 spiro atoms. The second-order valence-corrected chi connectivity index (χ2v) is 7.24. The average Bonchev–Trinajstić information content (AvgIpc) is 3.14. The van der Waals surface area contributed by atoms with E-state index in [-0.39, 0.29) is 11.6 Å². The van der Waals surface area contributed by atoms with Crippen molar-refractivity contribution < 1.29 is 9.53 Å². The van der Waals surface area contributed by atoms with Crippen LogP contribution in [-0.4, -0.2) is 45.8 Å². The lowest BCUT2D eigenvalue weighted by molar-refractivity contribution is 0.0599. The molecule has 0 atom stereocenters. The normalized spacial score (nSPS) is 15.3. The molecule has 1 fully saturated rings. The van der Waals surface area contributed by atoms with E-state index < -0.39 is 5.97 Å². The van der Waals surface area contributed by atoms with Gasteiger partial charge in [-0.05, 0) is 30.5 Å². The number of hydrogen-bond donors (Lipinski definition) is 1. The molecule has 0 aromatic heterocycles. The van der Waals surface area contributed by atoms with E-state index in [4.69, 9.17) is 10.00 Å². The van der Waals surface area contributed by atoms with E-state index in [9.17, 15) is 9.59 Å². The van der Waals surface area contributed by atoms with Crippen molar-refractivity contribution in [2.45, 2.75) is 25.4 Å². The first-order valence-corrected chi connectivity index (χ1v) is 9.48.